The Morgan fingerprint density at radius 2 is 2.17 bits per heavy atom. The molecule has 0 spiro atoms. The molecule has 10 heteroatoms. The zero-order valence-electron chi connectivity index (χ0n) is 12.9. The molecule has 0 saturated heterocycles. The summed E-state index contributed by atoms with van der Waals surface area (Å²) in [6.07, 6.45) is -0.00778. The van der Waals surface area contributed by atoms with Gasteiger partial charge in [-0.1, -0.05) is 0 Å². The Bertz CT molecular complexity index is 491. The van der Waals surface area contributed by atoms with Crippen molar-refractivity contribution in [2.45, 2.75) is 37.6 Å². The molecule has 0 saturated carbocycles. The monoisotopic (exact) mass is 330 g/mol. The van der Waals surface area contributed by atoms with Crippen molar-refractivity contribution >= 4 is 17.8 Å². The van der Waals surface area contributed by atoms with Crippen LogP contribution in [0.5, 0.6) is 0 Å². The normalized spacial score (nSPS) is 24.8. The molecule has 0 aliphatic carbocycles. The van der Waals surface area contributed by atoms with Gasteiger partial charge in [-0.2, -0.15) is 0 Å². The quantitative estimate of drug-likeness (QED) is 0.233. The maximum atomic E-state index is 11.4. The van der Waals surface area contributed by atoms with Gasteiger partial charge in [-0.25, -0.2) is 4.79 Å². The third kappa shape index (κ3) is 5.42. The van der Waals surface area contributed by atoms with E-state index in [-0.39, 0.29) is 30.7 Å². The maximum absolute atomic E-state index is 11.4. The molecule has 1 amide bonds. The van der Waals surface area contributed by atoms with Crippen LogP contribution in [-0.2, 0) is 19.1 Å². The summed E-state index contributed by atoms with van der Waals surface area (Å²) in [5.41, 5.74) is 5.31. The number of aliphatic hydroxyl groups is 1. The first-order valence-corrected chi connectivity index (χ1v) is 6.91. The molecule has 23 heavy (non-hydrogen) atoms. The number of rotatable bonds is 7. The van der Waals surface area contributed by atoms with Crippen LogP contribution in [0, 0.1) is 5.41 Å². The molecule has 1 heterocycles. The van der Waals surface area contributed by atoms with E-state index in [1.807, 2.05) is 0 Å². The van der Waals surface area contributed by atoms with Crippen molar-refractivity contribution in [1.82, 2.24) is 10.6 Å². The summed E-state index contributed by atoms with van der Waals surface area (Å²) in [5.74, 6) is -2.35. The van der Waals surface area contributed by atoms with E-state index < -0.39 is 30.3 Å². The Labute approximate surface area is 133 Å². The lowest BCUT2D eigenvalue weighted by Gasteiger charge is -2.38. The van der Waals surface area contributed by atoms with Gasteiger partial charge in [0, 0.05) is 20.5 Å². The van der Waals surface area contributed by atoms with Crippen LogP contribution in [0.25, 0.3) is 0 Å². The third-order valence-corrected chi connectivity index (χ3v) is 3.33. The number of aliphatic hydroxyl groups excluding tert-OH is 1. The third-order valence-electron chi connectivity index (χ3n) is 3.33. The van der Waals surface area contributed by atoms with Gasteiger partial charge in [-0.05, 0) is 6.08 Å². The molecule has 0 unspecified atom stereocenters. The van der Waals surface area contributed by atoms with Gasteiger partial charge < -0.3 is 36.1 Å². The molecule has 0 aromatic carbocycles. The number of amides is 1. The van der Waals surface area contributed by atoms with Crippen LogP contribution in [0.2, 0.25) is 0 Å². The second kappa shape index (κ2) is 8.34. The molecule has 7 N–H and O–H groups in total. The molecule has 1 rings (SSSR count). The number of guanidine groups is 1. The second-order valence-electron chi connectivity index (χ2n) is 5.08. The summed E-state index contributed by atoms with van der Waals surface area (Å²) >= 11 is 0. The summed E-state index contributed by atoms with van der Waals surface area (Å²) in [4.78, 5) is 22.6. The number of carbonyl (C=O) groups excluding carboxylic acids is 1. The molecule has 1 aliphatic heterocycles. The van der Waals surface area contributed by atoms with Crippen molar-refractivity contribution in [3.63, 3.8) is 0 Å². The highest BCUT2D eigenvalue weighted by Gasteiger charge is 2.38. The molecule has 10 nitrogen and oxygen atoms in total. The van der Waals surface area contributed by atoms with Crippen molar-refractivity contribution in [2.24, 2.45) is 5.73 Å². The van der Waals surface area contributed by atoms with Crippen molar-refractivity contribution < 1.29 is 29.3 Å². The van der Waals surface area contributed by atoms with Gasteiger partial charge in [0.05, 0.1) is 24.8 Å². The molecule has 0 fully saturated rings. The Kier molecular flexibility index (Phi) is 6.79. The SMILES string of the molecule is CO[C@@H](CO)C[C@H]1OC(C(=O)O)=C[C@H](NC(=N)N)[C@H]1NC(C)=O. The molecule has 0 aromatic rings. The van der Waals surface area contributed by atoms with Crippen LogP contribution in [0.1, 0.15) is 13.3 Å². The van der Waals surface area contributed by atoms with Gasteiger partial charge in [-0.15, -0.1) is 0 Å². The Morgan fingerprint density at radius 1 is 1.52 bits per heavy atom. The minimum absolute atomic E-state index is 0.138. The molecule has 1 aliphatic rings. The van der Waals surface area contributed by atoms with E-state index in [0.29, 0.717) is 0 Å². The Balaban J connectivity index is 3.11. The summed E-state index contributed by atoms with van der Waals surface area (Å²) in [6, 6.07) is -1.44. The highest BCUT2D eigenvalue weighted by molar-refractivity contribution is 5.85. The molecule has 130 valence electrons. The highest BCUT2D eigenvalue weighted by Crippen LogP contribution is 2.23. The van der Waals surface area contributed by atoms with E-state index >= 15 is 0 Å². The molecule has 4 atom stereocenters. The van der Waals surface area contributed by atoms with Crippen LogP contribution in [0.4, 0.5) is 0 Å². The lowest BCUT2D eigenvalue weighted by molar-refractivity contribution is -0.139. The maximum Gasteiger partial charge on any atom is 0.370 e. The van der Waals surface area contributed by atoms with E-state index in [2.05, 4.69) is 10.6 Å². The van der Waals surface area contributed by atoms with Gasteiger partial charge in [0.25, 0.3) is 0 Å². The van der Waals surface area contributed by atoms with E-state index in [0.717, 1.165) is 0 Å². The average molecular weight is 330 g/mol. The summed E-state index contributed by atoms with van der Waals surface area (Å²) in [5, 5.41) is 31.0. The van der Waals surface area contributed by atoms with E-state index in [1.165, 1.54) is 20.1 Å². The number of nitrogens with two attached hydrogens (primary N) is 1. The van der Waals surface area contributed by atoms with Gasteiger partial charge in [0.1, 0.15) is 6.10 Å². The summed E-state index contributed by atoms with van der Waals surface area (Å²) in [6.45, 7) is 1.01. The average Bonchev–Trinajstić information content (AvgIpc) is 2.46. The zero-order chi connectivity index (χ0) is 17.6. The number of aliphatic carboxylic acids is 1. The molecule has 0 aromatic heterocycles. The first kappa shape index (κ1) is 18.7. The summed E-state index contributed by atoms with van der Waals surface area (Å²) in [7, 11) is 1.40. The number of carbonyl (C=O) groups is 2. The number of carboxylic acid groups (broad SMARTS) is 1. The second-order valence-corrected chi connectivity index (χ2v) is 5.08. The van der Waals surface area contributed by atoms with Crippen LogP contribution >= 0.6 is 0 Å². The van der Waals surface area contributed by atoms with E-state index in [9.17, 15) is 14.7 Å². The Morgan fingerprint density at radius 3 is 2.61 bits per heavy atom. The van der Waals surface area contributed by atoms with Crippen LogP contribution < -0.4 is 16.4 Å². The Hall–Kier alpha value is -2.33. The van der Waals surface area contributed by atoms with Crippen molar-refractivity contribution in [3.05, 3.63) is 11.8 Å². The minimum atomic E-state index is -1.29. The highest BCUT2D eigenvalue weighted by atomic mass is 16.5. The predicted octanol–water partition coefficient (Wildman–Crippen LogP) is -1.89. The number of hydrogen-bond acceptors (Lipinski definition) is 6. The molecule has 0 bridgehead atoms. The molecular weight excluding hydrogens is 308 g/mol. The number of ether oxygens (including phenoxy) is 2. The van der Waals surface area contributed by atoms with Crippen molar-refractivity contribution in [2.75, 3.05) is 13.7 Å². The fourth-order valence-electron chi connectivity index (χ4n) is 2.32. The number of nitrogens with one attached hydrogen (secondary N) is 3. The van der Waals surface area contributed by atoms with Gasteiger partial charge in [0.15, 0.2) is 5.96 Å². The minimum Gasteiger partial charge on any atom is -0.481 e. The first-order valence-electron chi connectivity index (χ1n) is 6.91. The topological polar surface area (TPSA) is 167 Å². The lowest BCUT2D eigenvalue weighted by Crippen LogP contribution is -2.60. The van der Waals surface area contributed by atoms with Gasteiger partial charge in [0.2, 0.25) is 11.7 Å². The number of methoxy groups -OCH3 is 1. The standard InChI is InChI=1S/C13H22N4O6/c1-6(19)16-11-8(17-13(14)15)4-10(12(20)21)23-9(11)3-7(5-18)22-2/h4,7-9,11,18H,3,5H2,1-2H3,(H,16,19)(H,20,21)(H4,14,15,17)/t7-,8+,9-,11-/m1/s1. The summed E-state index contributed by atoms with van der Waals surface area (Å²) < 4.78 is 10.5. The van der Waals surface area contributed by atoms with Gasteiger partial charge in [-0.3, -0.25) is 10.2 Å². The number of carboxylic acids is 1. The van der Waals surface area contributed by atoms with E-state index in [1.54, 1.807) is 0 Å². The van der Waals surface area contributed by atoms with Crippen molar-refractivity contribution in [3.8, 4) is 0 Å². The fraction of sp³-hybridized carbons (Fsp3) is 0.615. The van der Waals surface area contributed by atoms with Crippen molar-refractivity contribution in [1.29, 1.82) is 5.41 Å². The largest absolute Gasteiger partial charge is 0.481 e. The molecular formula is C13H22N4O6. The smallest absolute Gasteiger partial charge is 0.370 e. The fourth-order valence-corrected chi connectivity index (χ4v) is 2.32. The van der Waals surface area contributed by atoms with Gasteiger partial charge >= 0.3 is 5.97 Å². The first-order chi connectivity index (χ1) is 10.8. The molecule has 0 radical (unpaired) electrons. The zero-order valence-corrected chi connectivity index (χ0v) is 12.9. The predicted molar refractivity (Wildman–Crippen MR) is 79.5 cm³/mol. The lowest BCUT2D eigenvalue weighted by atomic mass is 9.94. The van der Waals surface area contributed by atoms with E-state index in [4.69, 9.17) is 25.7 Å². The number of hydrogen-bond donors (Lipinski definition) is 6. The van der Waals surface area contributed by atoms with Crippen LogP contribution in [0.3, 0.4) is 0 Å². The van der Waals surface area contributed by atoms with Crippen LogP contribution in [0.15, 0.2) is 11.8 Å². The van der Waals surface area contributed by atoms with Crippen LogP contribution in [-0.4, -0.2) is 66.1 Å².